The van der Waals surface area contributed by atoms with Crippen LogP contribution in [0, 0.1) is 6.92 Å². The molecule has 0 heterocycles. The number of primary amides is 2. The van der Waals surface area contributed by atoms with Crippen LogP contribution in [0.4, 0.5) is 0 Å². The quantitative estimate of drug-likeness (QED) is 0.682. The van der Waals surface area contributed by atoms with E-state index in [0.717, 1.165) is 11.1 Å². The molecule has 0 aliphatic carbocycles. The van der Waals surface area contributed by atoms with Gasteiger partial charge in [-0.3, -0.25) is 9.59 Å². The largest absolute Gasteiger partial charge is 0.370 e. The summed E-state index contributed by atoms with van der Waals surface area (Å²) in [5.41, 5.74) is 12.9. The van der Waals surface area contributed by atoms with Gasteiger partial charge in [0.05, 0.1) is 0 Å². The first-order chi connectivity index (χ1) is 8.40. The lowest BCUT2D eigenvalue weighted by molar-refractivity contribution is -0.118. The summed E-state index contributed by atoms with van der Waals surface area (Å²) in [6.07, 6.45) is 0.304. The van der Waals surface area contributed by atoms with E-state index in [0.29, 0.717) is 18.5 Å². The molecule has 0 aromatic heterocycles. The maximum Gasteiger partial charge on any atom is 0.248 e. The molecule has 0 saturated carbocycles. The molecule has 2 amide bonds. The van der Waals surface area contributed by atoms with Gasteiger partial charge >= 0.3 is 0 Å². The van der Waals surface area contributed by atoms with Crippen molar-refractivity contribution in [2.24, 2.45) is 11.5 Å². The van der Waals surface area contributed by atoms with Gasteiger partial charge in [-0.2, -0.15) is 0 Å². The van der Waals surface area contributed by atoms with Gasteiger partial charge in [-0.05, 0) is 37.1 Å². The van der Waals surface area contributed by atoms with Crippen LogP contribution >= 0.6 is 0 Å². The van der Waals surface area contributed by atoms with Crippen LogP contribution in [-0.4, -0.2) is 17.9 Å². The first kappa shape index (κ1) is 14.2. The highest BCUT2D eigenvalue weighted by Gasteiger charge is 2.07. The summed E-state index contributed by atoms with van der Waals surface area (Å²) in [5, 5.41) is 3.20. The van der Waals surface area contributed by atoms with Gasteiger partial charge < -0.3 is 16.8 Å². The lowest BCUT2D eigenvalue weighted by Crippen LogP contribution is -2.30. The van der Waals surface area contributed by atoms with E-state index in [1.54, 1.807) is 12.1 Å². The van der Waals surface area contributed by atoms with Gasteiger partial charge in [0.2, 0.25) is 11.8 Å². The van der Waals surface area contributed by atoms with Gasteiger partial charge in [0, 0.05) is 24.6 Å². The average Bonchev–Trinajstić information content (AvgIpc) is 2.26. The molecule has 0 saturated heterocycles. The maximum absolute atomic E-state index is 11.0. The predicted octanol–water partition coefficient (Wildman–Crippen LogP) is 0.447. The SMILES string of the molecule is Cc1cc(C(N)=O)ccc1CNC(C)CC(N)=O. The van der Waals surface area contributed by atoms with Crippen molar-refractivity contribution < 1.29 is 9.59 Å². The highest BCUT2D eigenvalue weighted by Crippen LogP contribution is 2.11. The number of aryl methyl sites for hydroxylation is 1. The molecule has 5 heteroatoms. The van der Waals surface area contributed by atoms with Crippen LogP contribution in [0.1, 0.15) is 34.8 Å². The molecule has 0 aliphatic heterocycles. The number of nitrogens with one attached hydrogen (secondary N) is 1. The van der Waals surface area contributed by atoms with E-state index in [2.05, 4.69) is 5.32 Å². The fourth-order valence-electron chi connectivity index (χ4n) is 1.71. The Bertz CT molecular complexity index is 458. The number of amides is 2. The normalized spacial score (nSPS) is 12.1. The third-order valence-electron chi connectivity index (χ3n) is 2.78. The molecule has 98 valence electrons. The fraction of sp³-hybridized carbons (Fsp3) is 0.385. The van der Waals surface area contributed by atoms with Crippen molar-refractivity contribution in [3.8, 4) is 0 Å². The minimum absolute atomic E-state index is 0.0257. The molecule has 0 radical (unpaired) electrons. The van der Waals surface area contributed by atoms with Gasteiger partial charge in [-0.25, -0.2) is 0 Å². The molecule has 0 aliphatic rings. The summed E-state index contributed by atoms with van der Waals surface area (Å²) in [7, 11) is 0. The van der Waals surface area contributed by atoms with E-state index in [1.807, 2.05) is 19.9 Å². The predicted molar refractivity (Wildman–Crippen MR) is 69.8 cm³/mol. The van der Waals surface area contributed by atoms with Crippen LogP contribution in [0.2, 0.25) is 0 Å². The Hall–Kier alpha value is -1.88. The minimum atomic E-state index is -0.431. The molecule has 1 aromatic carbocycles. The molecule has 1 unspecified atom stereocenters. The molecular formula is C13H19N3O2. The maximum atomic E-state index is 11.0. The van der Waals surface area contributed by atoms with Crippen molar-refractivity contribution >= 4 is 11.8 Å². The van der Waals surface area contributed by atoms with Gasteiger partial charge in [0.15, 0.2) is 0 Å². The third-order valence-corrected chi connectivity index (χ3v) is 2.78. The van der Waals surface area contributed by atoms with Crippen molar-refractivity contribution in [3.63, 3.8) is 0 Å². The summed E-state index contributed by atoms with van der Waals surface area (Å²) in [5.74, 6) is -0.754. The van der Waals surface area contributed by atoms with Gasteiger partial charge in [-0.1, -0.05) is 6.07 Å². The van der Waals surface area contributed by atoms with Crippen molar-refractivity contribution in [2.45, 2.75) is 32.9 Å². The monoisotopic (exact) mass is 249 g/mol. The van der Waals surface area contributed by atoms with Crippen molar-refractivity contribution in [2.75, 3.05) is 0 Å². The highest BCUT2D eigenvalue weighted by molar-refractivity contribution is 5.93. The van der Waals surface area contributed by atoms with E-state index >= 15 is 0 Å². The van der Waals surface area contributed by atoms with E-state index < -0.39 is 5.91 Å². The smallest absolute Gasteiger partial charge is 0.248 e. The molecule has 1 rings (SSSR count). The molecule has 1 atom stereocenters. The number of carbonyl (C=O) groups is 2. The van der Waals surface area contributed by atoms with Gasteiger partial charge in [0.1, 0.15) is 0 Å². The molecule has 1 aromatic rings. The summed E-state index contributed by atoms with van der Waals surface area (Å²) in [6.45, 7) is 4.44. The summed E-state index contributed by atoms with van der Waals surface area (Å²) < 4.78 is 0. The van der Waals surface area contributed by atoms with Gasteiger partial charge in [-0.15, -0.1) is 0 Å². The van der Waals surface area contributed by atoms with E-state index in [1.165, 1.54) is 0 Å². The number of nitrogens with two attached hydrogens (primary N) is 2. The Morgan fingerprint density at radius 2 is 2.00 bits per heavy atom. The Kier molecular flexibility index (Phi) is 4.85. The number of rotatable bonds is 6. The zero-order valence-corrected chi connectivity index (χ0v) is 10.7. The van der Waals surface area contributed by atoms with Crippen molar-refractivity contribution in [1.82, 2.24) is 5.32 Å². The van der Waals surface area contributed by atoms with E-state index in [4.69, 9.17) is 11.5 Å². The van der Waals surface area contributed by atoms with Crippen LogP contribution < -0.4 is 16.8 Å². The Labute approximate surface area is 107 Å². The summed E-state index contributed by atoms with van der Waals surface area (Å²) in [4.78, 5) is 21.7. The van der Waals surface area contributed by atoms with Crippen LogP contribution in [0.15, 0.2) is 18.2 Å². The number of benzene rings is 1. The standard InChI is InChI=1S/C13H19N3O2/c1-8-5-10(13(15)18)3-4-11(8)7-16-9(2)6-12(14)17/h3-5,9,16H,6-7H2,1-2H3,(H2,14,17)(H2,15,18). The lowest BCUT2D eigenvalue weighted by Gasteiger charge is -2.13. The highest BCUT2D eigenvalue weighted by atomic mass is 16.1. The first-order valence-electron chi connectivity index (χ1n) is 5.81. The van der Waals surface area contributed by atoms with Crippen LogP contribution in [0.3, 0.4) is 0 Å². The zero-order chi connectivity index (χ0) is 13.7. The van der Waals surface area contributed by atoms with E-state index in [-0.39, 0.29) is 11.9 Å². The second-order valence-corrected chi connectivity index (χ2v) is 4.46. The number of hydrogen-bond donors (Lipinski definition) is 3. The molecule has 0 spiro atoms. The second kappa shape index (κ2) is 6.16. The third kappa shape index (κ3) is 4.18. The molecular weight excluding hydrogens is 230 g/mol. The van der Waals surface area contributed by atoms with Crippen LogP contribution in [-0.2, 0) is 11.3 Å². The first-order valence-corrected chi connectivity index (χ1v) is 5.81. The second-order valence-electron chi connectivity index (χ2n) is 4.46. The summed E-state index contributed by atoms with van der Waals surface area (Å²) >= 11 is 0. The fourth-order valence-corrected chi connectivity index (χ4v) is 1.71. The number of hydrogen-bond acceptors (Lipinski definition) is 3. The molecule has 18 heavy (non-hydrogen) atoms. The van der Waals surface area contributed by atoms with Crippen molar-refractivity contribution in [3.05, 3.63) is 34.9 Å². The summed E-state index contributed by atoms with van der Waals surface area (Å²) in [6, 6.07) is 5.35. The van der Waals surface area contributed by atoms with Gasteiger partial charge in [0.25, 0.3) is 0 Å². The number of carbonyl (C=O) groups excluding carboxylic acids is 2. The average molecular weight is 249 g/mol. The Morgan fingerprint density at radius 1 is 1.33 bits per heavy atom. The zero-order valence-electron chi connectivity index (χ0n) is 10.7. The minimum Gasteiger partial charge on any atom is -0.370 e. The van der Waals surface area contributed by atoms with Crippen LogP contribution in [0.5, 0.6) is 0 Å². The van der Waals surface area contributed by atoms with Crippen LogP contribution in [0.25, 0.3) is 0 Å². The Morgan fingerprint density at radius 3 is 2.50 bits per heavy atom. The Balaban J connectivity index is 2.63. The molecule has 0 bridgehead atoms. The van der Waals surface area contributed by atoms with Crippen molar-refractivity contribution in [1.29, 1.82) is 0 Å². The molecule has 0 fully saturated rings. The lowest BCUT2D eigenvalue weighted by atomic mass is 10.0. The van der Waals surface area contributed by atoms with E-state index in [9.17, 15) is 9.59 Å². The topological polar surface area (TPSA) is 98.2 Å². The molecule has 5 N–H and O–H groups in total. The molecule has 5 nitrogen and oxygen atoms in total.